The zero-order valence-corrected chi connectivity index (χ0v) is 11.4. The van der Waals surface area contributed by atoms with Crippen LogP contribution in [0.1, 0.15) is 29.9 Å². The SMILES string of the molecule is Cc1ccc([C@@H](C)NCCc2nccn2C)cc1. The highest BCUT2D eigenvalue weighted by Gasteiger charge is 2.05. The van der Waals surface area contributed by atoms with Crippen molar-refractivity contribution < 1.29 is 0 Å². The van der Waals surface area contributed by atoms with Crippen LogP contribution in [0.4, 0.5) is 0 Å². The van der Waals surface area contributed by atoms with Crippen LogP contribution in [-0.4, -0.2) is 16.1 Å². The van der Waals surface area contributed by atoms with Gasteiger partial charge in [-0.3, -0.25) is 0 Å². The van der Waals surface area contributed by atoms with E-state index in [1.807, 2.05) is 19.4 Å². The number of imidazole rings is 1. The zero-order valence-electron chi connectivity index (χ0n) is 11.4. The van der Waals surface area contributed by atoms with Crippen molar-refractivity contribution in [2.45, 2.75) is 26.3 Å². The molecule has 0 saturated carbocycles. The lowest BCUT2D eigenvalue weighted by Gasteiger charge is -2.14. The van der Waals surface area contributed by atoms with Crippen molar-refractivity contribution in [1.82, 2.24) is 14.9 Å². The first-order chi connectivity index (χ1) is 8.66. The van der Waals surface area contributed by atoms with Crippen molar-refractivity contribution in [3.63, 3.8) is 0 Å². The molecule has 3 nitrogen and oxygen atoms in total. The smallest absolute Gasteiger partial charge is 0.109 e. The molecular formula is C15H21N3. The van der Waals surface area contributed by atoms with E-state index < -0.39 is 0 Å². The maximum atomic E-state index is 4.32. The van der Waals surface area contributed by atoms with Crippen LogP contribution < -0.4 is 5.32 Å². The topological polar surface area (TPSA) is 29.9 Å². The number of nitrogens with one attached hydrogen (secondary N) is 1. The van der Waals surface area contributed by atoms with Crippen molar-refractivity contribution >= 4 is 0 Å². The largest absolute Gasteiger partial charge is 0.338 e. The molecule has 0 bridgehead atoms. The van der Waals surface area contributed by atoms with Gasteiger partial charge in [-0.25, -0.2) is 4.98 Å². The first kappa shape index (κ1) is 12.8. The van der Waals surface area contributed by atoms with E-state index in [0.29, 0.717) is 6.04 Å². The fourth-order valence-corrected chi connectivity index (χ4v) is 2.01. The summed E-state index contributed by atoms with van der Waals surface area (Å²) in [7, 11) is 2.03. The highest BCUT2D eigenvalue weighted by molar-refractivity contribution is 5.23. The molecule has 0 amide bonds. The third-order valence-corrected chi connectivity index (χ3v) is 3.30. The average Bonchev–Trinajstić information content (AvgIpc) is 2.76. The summed E-state index contributed by atoms with van der Waals surface area (Å²) in [5, 5.41) is 3.53. The van der Waals surface area contributed by atoms with Gasteiger partial charge in [0.25, 0.3) is 0 Å². The molecule has 2 aromatic rings. The van der Waals surface area contributed by atoms with Crippen LogP contribution in [0.2, 0.25) is 0 Å². The van der Waals surface area contributed by atoms with Gasteiger partial charge in [-0.1, -0.05) is 29.8 Å². The van der Waals surface area contributed by atoms with Crippen molar-refractivity contribution in [2.24, 2.45) is 7.05 Å². The molecule has 0 saturated heterocycles. The van der Waals surface area contributed by atoms with E-state index in [9.17, 15) is 0 Å². The molecule has 2 rings (SSSR count). The van der Waals surface area contributed by atoms with Gasteiger partial charge in [0, 0.05) is 38.4 Å². The van der Waals surface area contributed by atoms with Crippen LogP contribution in [-0.2, 0) is 13.5 Å². The van der Waals surface area contributed by atoms with E-state index in [4.69, 9.17) is 0 Å². The Balaban J connectivity index is 1.83. The van der Waals surface area contributed by atoms with Gasteiger partial charge in [-0.2, -0.15) is 0 Å². The summed E-state index contributed by atoms with van der Waals surface area (Å²) < 4.78 is 2.07. The highest BCUT2D eigenvalue weighted by atomic mass is 15.0. The lowest BCUT2D eigenvalue weighted by atomic mass is 10.1. The van der Waals surface area contributed by atoms with Gasteiger partial charge in [-0.05, 0) is 19.4 Å². The minimum absolute atomic E-state index is 0.380. The number of hydrogen-bond acceptors (Lipinski definition) is 2. The van der Waals surface area contributed by atoms with E-state index in [1.165, 1.54) is 11.1 Å². The third-order valence-electron chi connectivity index (χ3n) is 3.30. The zero-order chi connectivity index (χ0) is 13.0. The third kappa shape index (κ3) is 3.20. The molecule has 0 spiro atoms. The molecule has 0 aliphatic rings. The highest BCUT2D eigenvalue weighted by Crippen LogP contribution is 2.12. The average molecular weight is 243 g/mol. The molecular weight excluding hydrogens is 222 g/mol. The Morgan fingerprint density at radius 2 is 2.00 bits per heavy atom. The number of rotatable bonds is 5. The van der Waals surface area contributed by atoms with Gasteiger partial charge in [0.05, 0.1) is 0 Å². The van der Waals surface area contributed by atoms with E-state index in [-0.39, 0.29) is 0 Å². The summed E-state index contributed by atoms with van der Waals surface area (Å²) in [6, 6.07) is 9.07. The molecule has 1 atom stereocenters. The summed E-state index contributed by atoms with van der Waals surface area (Å²) in [4.78, 5) is 4.32. The molecule has 1 heterocycles. The monoisotopic (exact) mass is 243 g/mol. The molecule has 18 heavy (non-hydrogen) atoms. The fourth-order valence-electron chi connectivity index (χ4n) is 2.01. The van der Waals surface area contributed by atoms with Gasteiger partial charge in [0.15, 0.2) is 0 Å². The summed E-state index contributed by atoms with van der Waals surface area (Å²) in [5.41, 5.74) is 2.64. The van der Waals surface area contributed by atoms with Crippen LogP contribution >= 0.6 is 0 Å². The number of aryl methyl sites for hydroxylation is 2. The van der Waals surface area contributed by atoms with Crippen LogP contribution in [0.15, 0.2) is 36.7 Å². The second-order valence-corrected chi connectivity index (χ2v) is 4.79. The first-order valence-corrected chi connectivity index (χ1v) is 6.43. The Hall–Kier alpha value is -1.61. The number of aromatic nitrogens is 2. The number of nitrogens with zero attached hydrogens (tertiary/aromatic N) is 2. The summed E-state index contributed by atoms with van der Waals surface area (Å²) in [5.74, 6) is 1.12. The van der Waals surface area contributed by atoms with Crippen LogP contribution in [0.5, 0.6) is 0 Å². The molecule has 0 aliphatic carbocycles. The predicted molar refractivity (Wildman–Crippen MR) is 74.5 cm³/mol. The van der Waals surface area contributed by atoms with Crippen LogP contribution in [0.25, 0.3) is 0 Å². The number of hydrogen-bond donors (Lipinski definition) is 1. The Morgan fingerprint density at radius 3 is 2.61 bits per heavy atom. The fraction of sp³-hybridized carbons (Fsp3) is 0.400. The summed E-state index contributed by atoms with van der Waals surface area (Å²) in [6.45, 7) is 5.26. The standard InChI is InChI=1S/C15H21N3/c1-12-4-6-14(7-5-12)13(2)16-9-8-15-17-10-11-18(15)3/h4-7,10-11,13,16H,8-9H2,1-3H3/t13-/m1/s1. The minimum atomic E-state index is 0.380. The van der Waals surface area contributed by atoms with Gasteiger partial charge in [0.1, 0.15) is 5.82 Å². The maximum absolute atomic E-state index is 4.32. The van der Waals surface area contributed by atoms with E-state index in [1.54, 1.807) is 0 Å². The normalized spacial score (nSPS) is 12.6. The maximum Gasteiger partial charge on any atom is 0.109 e. The molecule has 1 N–H and O–H groups in total. The van der Waals surface area contributed by atoms with Gasteiger partial charge >= 0.3 is 0 Å². The molecule has 1 aromatic heterocycles. The molecule has 1 aromatic carbocycles. The molecule has 0 radical (unpaired) electrons. The Kier molecular flexibility index (Phi) is 4.15. The van der Waals surface area contributed by atoms with Gasteiger partial charge in [0.2, 0.25) is 0 Å². The second-order valence-electron chi connectivity index (χ2n) is 4.79. The van der Waals surface area contributed by atoms with Crippen molar-refractivity contribution in [2.75, 3.05) is 6.54 Å². The molecule has 96 valence electrons. The van der Waals surface area contributed by atoms with Crippen LogP contribution in [0, 0.1) is 6.92 Å². The predicted octanol–water partition coefficient (Wildman–Crippen LogP) is 2.62. The van der Waals surface area contributed by atoms with E-state index in [0.717, 1.165) is 18.8 Å². The molecule has 0 aliphatic heterocycles. The lowest BCUT2D eigenvalue weighted by Crippen LogP contribution is -2.22. The Labute approximate surface area is 109 Å². The minimum Gasteiger partial charge on any atom is -0.338 e. The Bertz CT molecular complexity index is 485. The molecule has 0 fully saturated rings. The quantitative estimate of drug-likeness (QED) is 0.875. The van der Waals surface area contributed by atoms with Gasteiger partial charge in [-0.15, -0.1) is 0 Å². The van der Waals surface area contributed by atoms with E-state index >= 15 is 0 Å². The lowest BCUT2D eigenvalue weighted by molar-refractivity contribution is 0.565. The van der Waals surface area contributed by atoms with Crippen molar-refractivity contribution in [3.8, 4) is 0 Å². The van der Waals surface area contributed by atoms with Crippen molar-refractivity contribution in [1.29, 1.82) is 0 Å². The second kappa shape index (κ2) is 5.83. The molecule has 3 heteroatoms. The molecule has 0 unspecified atom stereocenters. The number of benzene rings is 1. The Morgan fingerprint density at radius 1 is 1.28 bits per heavy atom. The summed E-state index contributed by atoms with van der Waals surface area (Å²) >= 11 is 0. The van der Waals surface area contributed by atoms with Crippen molar-refractivity contribution in [3.05, 3.63) is 53.6 Å². The van der Waals surface area contributed by atoms with E-state index in [2.05, 4.69) is 53.0 Å². The van der Waals surface area contributed by atoms with Gasteiger partial charge < -0.3 is 9.88 Å². The van der Waals surface area contributed by atoms with Crippen LogP contribution in [0.3, 0.4) is 0 Å². The summed E-state index contributed by atoms with van der Waals surface area (Å²) in [6.07, 6.45) is 4.79. The first-order valence-electron chi connectivity index (χ1n) is 6.43.